The van der Waals surface area contributed by atoms with Gasteiger partial charge in [0.1, 0.15) is 11.6 Å². The van der Waals surface area contributed by atoms with Crippen molar-refractivity contribution in [2.24, 2.45) is 11.8 Å². The lowest BCUT2D eigenvalue weighted by Gasteiger charge is -2.38. The number of ether oxygens (including phenoxy) is 1. The summed E-state index contributed by atoms with van der Waals surface area (Å²) in [5.41, 5.74) is 2.98. The number of nitrogens with zero attached hydrogens (tertiary/aromatic N) is 1. The average molecular weight is 467 g/mol. The van der Waals surface area contributed by atoms with Crippen molar-refractivity contribution in [3.63, 3.8) is 0 Å². The summed E-state index contributed by atoms with van der Waals surface area (Å²) in [7, 11) is 0. The summed E-state index contributed by atoms with van der Waals surface area (Å²) in [5, 5.41) is 3.01. The van der Waals surface area contributed by atoms with E-state index in [1.807, 2.05) is 43.9 Å². The van der Waals surface area contributed by atoms with Crippen LogP contribution in [0.15, 0.2) is 42.5 Å². The maximum atomic E-state index is 13.7. The topological polar surface area (TPSA) is 58.6 Å². The molecule has 2 aromatic rings. The quantitative estimate of drug-likeness (QED) is 0.564. The highest BCUT2D eigenvalue weighted by Crippen LogP contribution is 2.38. The van der Waals surface area contributed by atoms with Crippen LogP contribution in [0.3, 0.4) is 0 Å². The van der Waals surface area contributed by atoms with E-state index in [1.165, 1.54) is 25.0 Å². The Bertz CT molecular complexity index is 1020. The molecular weight excluding hydrogens is 431 g/mol. The molecule has 1 fully saturated rings. The van der Waals surface area contributed by atoms with Crippen LogP contribution in [0.2, 0.25) is 0 Å². The molecule has 4 rings (SSSR count). The van der Waals surface area contributed by atoms with Gasteiger partial charge >= 0.3 is 0 Å². The number of hydrogen-bond donors (Lipinski definition) is 1. The van der Waals surface area contributed by atoms with Crippen LogP contribution in [0.5, 0.6) is 5.75 Å². The van der Waals surface area contributed by atoms with Gasteiger partial charge in [0.2, 0.25) is 5.91 Å². The lowest BCUT2D eigenvalue weighted by atomic mass is 9.87. The molecular formula is C28H35FN2O3. The van der Waals surface area contributed by atoms with Gasteiger partial charge in [-0.2, -0.15) is 0 Å². The van der Waals surface area contributed by atoms with Gasteiger partial charge in [-0.1, -0.05) is 39.0 Å². The maximum Gasteiger partial charge on any atom is 0.261 e. The first kappa shape index (κ1) is 24.2. The zero-order valence-corrected chi connectivity index (χ0v) is 20.4. The van der Waals surface area contributed by atoms with Gasteiger partial charge in [0.25, 0.3) is 5.91 Å². The van der Waals surface area contributed by atoms with Gasteiger partial charge in [0.15, 0.2) is 6.10 Å². The summed E-state index contributed by atoms with van der Waals surface area (Å²) >= 11 is 0. The highest BCUT2D eigenvalue weighted by molar-refractivity contribution is 5.81. The number of nitrogens with one attached hydrogen (secondary N) is 1. The average Bonchev–Trinajstić information content (AvgIpc) is 3.65. The number of amides is 2. The predicted octanol–water partition coefficient (Wildman–Crippen LogP) is 5.03. The zero-order valence-electron chi connectivity index (χ0n) is 20.4. The Labute approximate surface area is 201 Å². The SMILES string of the molecule is CC[C@@H](Oc1ccc2c(c1)[C@@H](c1ccc(F)cc1)N(C(=O)CC(C)C)CC2)C(=O)NCC1CC1. The first-order valence-electron chi connectivity index (χ1n) is 12.5. The van der Waals surface area contributed by atoms with Gasteiger partial charge in [-0.25, -0.2) is 4.39 Å². The first-order valence-corrected chi connectivity index (χ1v) is 12.5. The monoisotopic (exact) mass is 466 g/mol. The molecule has 2 amide bonds. The third-order valence-corrected chi connectivity index (χ3v) is 6.64. The number of rotatable bonds is 9. The highest BCUT2D eigenvalue weighted by atomic mass is 19.1. The summed E-state index contributed by atoms with van der Waals surface area (Å²) < 4.78 is 19.8. The van der Waals surface area contributed by atoms with Crippen molar-refractivity contribution in [3.05, 3.63) is 65.0 Å². The fourth-order valence-electron chi connectivity index (χ4n) is 4.57. The fourth-order valence-corrected chi connectivity index (χ4v) is 4.57. The molecule has 0 aromatic heterocycles. The predicted molar refractivity (Wildman–Crippen MR) is 130 cm³/mol. The first-order chi connectivity index (χ1) is 16.4. The second-order valence-corrected chi connectivity index (χ2v) is 9.95. The minimum Gasteiger partial charge on any atom is -0.481 e. The highest BCUT2D eigenvalue weighted by Gasteiger charge is 2.33. The summed E-state index contributed by atoms with van der Waals surface area (Å²) in [6.45, 7) is 7.33. The van der Waals surface area contributed by atoms with Crippen LogP contribution in [0.1, 0.15) is 69.2 Å². The zero-order chi connectivity index (χ0) is 24.2. The Morgan fingerprint density at radius 1 is 1.15 bits per heavy atom. The van der Waals surface area contributed by atoms with Crippen molar-refractivity contribution in [1.29, 1.82) is 0 Å². The summed E-state index contributed by atoms with van der Waals surface area (Å²) in [5.74, 6) is 1.16. The van der Waals surface area contributed by atoms with E-state index in [2.05, 4.69) is 5.32 Å². The normalized spacial score (nSPS) is 18.4. The smallest absolute Gasteiger partial charge is 0.261 e. The number of halogens is 1. The van der Waals surface area contributed by atoms with E-state index in [-0.39, 0.29) is 29.6 Å². The van der Waals surface area contributed by atoms with Crippen molar-refractivity contribution >= 4 is 11.8 Å². The van der Waals surface area contributed by atoms with Gasteiger partial charge in [-0.15, -0.1) is 0 Å². The molecule has 2 atom stereocenters. The summed E-state index contributed by atoms with van der Waals surface area (Å²) in [6.07, 6.45) is 3.56. The molecule has 0 spiro atoms. The van der Waals surface area contributed by atoms with Crippen LogP contribution in [0, 0.1) is 17.7 Å². The lowest BCUT2D eigenvalue weighted by molar-refractivity contribution is -0.134. The van der Waals surface area contributed by atoms with E-state index in [1.54, 1.807) is 12.1 Å². The molecule has 0 bridgehead atoms. The maximum absolute atomic E-state index is 13.7. The van der Waals surface area contributed by atoms with E-state index in [0.29, 0.717) is 37.6 Å². The van der Waals surface area contributed by atoms with Gasteiger partial charge < -0.3 is 15.0 Å². The third kappa shape index (κ3) is 5.78. The minimum atomic E-state index is -0.566. The number of fused-ring (bicyclic) bond motifs is 1. The van der Waals surface area contributed by atoms with Gasteiger partial charge in [-0.05, 0) is 78.5 Å². The van der Waals surface area contributed by atoms with Crippen molar-refractivity contribution in [2.45, 2.75) is 65.0 Å². The van der Waals surface area contributed by atoms with Crippen LogP contribution >= 0.6 is 0 Å². The largest absolute Gasteiger partial charge is 0.481 e. The lowest BCUT2D eigenvalue weighted by Crippen LogP contribution is -2.41. The van der Waals surface area contributed by atoms with E-state index in [9.17, 15) is 14.0 Å². The van der Waals surface area contributed by atoms with Crippen molar-refractivity contribution in [1.82, 2.24) is 10.2 Å². The van der Waals surface area contributed by atoms with Crippen LogP contribution in [-0.2, 0) is 16.0 Å². The molecule has 182 valence electrons. The van der Waals surface area contributed by atoms with E-state index in [4.69, 9.17) is 4.74 Å². The molecule has 1 N–H and O–H groups in total. The van der Waals surface area contributed by atoms with Crippen LogP contribution in [-0.4, -0.2) is 35.9 Å². The number of benzene rings is 2. The molecule has 6 heteroatoms. The molecule has 1 heterocycles. The van der Waals surface area contributed by atoms with Crippen molar-refractivity contribution in [3.8, 4) is 5.75 Å². The Kier molecular flexibility index (Phi) is 7.54. The second-order valence-electron chi connectivity index (χ2n) is 9.95. The van der Waals surface area contributed by atoms with Crippen LogP contribution < -0.4 is 10.1 Å². The van der Waals surface area contributed by atoms with Crippen molar-refractivity contribution < 1.29 is 18.7 Å². The molecule has 0 radical (unpaired) electrons. The Balaban J connectivity index is 1.62. The van der Waals surface area contributed by atoms with Gasteiger partial charge in [0, 0.05) is 19.5 Å². The fraction of sp³-hybridized carbons (Fsp3) is 0.500. The number of carbonyl (C=O) groups excluding carboxylic acids is 2. The van der Waals surface area contributed by atoms with E-state index >= 15 is 0 Å². The Morgan fingerprint density at radius 3 is 2.53 bits per heavy atom. The molecule has 1 aliphatic heterocycles. The number of carbonyl (C=O) groups is 2. The molecule has 5 nitrogen and oxygen atoms in total. The van der Waals surface area contributed by atoms with Crippen molar-refractivity contribution in [2.75, 3.05) is 13.1 Å². The molecule has 0 saturated heterocycles. The van der Waals surface area contributed by atoms with E-state index < -0.39 is 6.10 Å². The number of hydrogen-bond acceptors (Lipinski definition) is 3. The van der Waals surface area contributed by atoms with Gasteiger partial charge in [-0.3, -0.25) is 9.59 Å². The van der Waals surface area contributed by atoms with E-state index in [0.717, 1.165) is 23.1 Å². The summed E-state index contributed by atoms with van der Waals surface area (Å²) in [4.78, 5) is 27.7. The van der Waals surface area contributed by atoms with Gasteiger partial charge in [0.05, 0.1) is 6.04 Å². The standard InChI is InChI=1S/C28H35FN2O3/c1-4-25(28(33)30-17-19-5-6-19)34-23-12-9-20-13-14-31(26(32)15-18(2)3)27(24(20)16-23)21-7-10-22(29)11-8-21/h7-12,16,18-19,25,27H,4-6,13-15,17H2,1-3H3,(H,30,33)/t25-,27-/m1/s1. The van der Waals surface area contributed by atoms with Crippen LogP contribution in [0.25, 0.3) is 0 Å². The second kappa shape index (κ2) is 10.6. The minimum absolute atomic E-state index is 0.0871. The van der Waals surface area contributed by atoms with Crippen LogP contribution in [0.4, 0.5) is 4.39 Å². The molecule has 0 unspecified atom stereocenters. The molecule has 2 aliphatic rings. The summed E-state index contributed by atoms with van der Waals surface area (Å²) in [6, 6.07) is 11.9. The Morgan fingerprint density at radius 2 is 1.88 bits per heavy atom. The third-order valence-electron chi connectivity index (χ3n) is 6.64. The molecule has 1 saturated carbocycles. The molecule has 1 aliphatic carbocycles. The molecule has 34 heavy (non-hydrogen) atoms. The Hall–Kier alpha value is -2.89. The molecule has 2 aromatic carbocycles.